The monoisotopic (exact) mass is 475 g/mol. The van der Waals surface area contributed by atoms with Crippen molar-refractivity contribution in [3.8, 4) is 11.1 Å². The first kappa shape index (κ1) is 23.9. The van der Waals surface area contributed by atoms with Crippen LogP contribution in [0.25, 0.3) is 11.1 Å². The van der Waals surface area contributed by atoms with Crippen LogP contribution < -0.4 is 10.6 Å². The molecule has 0 radical (unpaired) electrons. The molecular weight excluding hydrogens is 450 g/mol. The molecule has 1 aliphatic rings. The van der Waals surface area contributed by atoms with Crippen molar-refractivity contribution in [2.24, 2.45) is 0 Å². The van der Waals surface area contributed by atoms with Gasteiger partial charge in [-0.15, -0.1) is 0 Å². The quantitative estimate of drug-likeness (QED) is 0.373. The first-order valence-corrected chi connectivity index (χ1v) is 11.2. The van der Waals surface area contributed by atoms with E-state index in [9.17, 15) is 19.5 Å². The Labute approximate surface area is 201 Å². The molecule has 1 aliphatic carbocycles. The molecule has 2 amide bonds. The zero-order valence-corrected chi connectivity index (χ0v) is 18.8. The third kappa shape index (κ3) is 5.82. The van der Waals surface area contributed by atoms with Gasteiger partial charge in [0.15, 0.2) is 6.10 Å². The molecule has 1 heterocycles. The summed E-state index contributed by atoms with van der Waals surface area (Å²) >= 11 is 0. The van der Waals surface area contributed by atoms with Crippen molar-refractivity contribution in [1.29, 1.82) is 0 Å². The summed E-state index contributed by atoms with van der Waals surface area (Å²) in [5.74, 6) is -1.73. The van der Waals surface area contributed by atoms with Gasteiger partial charge in [0.05, 0.1) is 18.3 Å². The van der Waals surface area contributed by atoms with Gasteiger partial charge in [0.1, 0.15) is 6.61 Å². The minimum absolute atomic E-state index is 0.0195. The van der Waals surface area contributed by atoms with Crippen LogP contribution in [0.5, 0.6) is 0 Å². The van der Waals surface area contributed by atoms with E-state index in [0.29, 0.717) is 11.4 Å². The molecule has 0 unspecified atom stereocenters. The number of aliphatic hydroxyl groups is 1. The van der Waals surface area contributed by atoms with Crippen molar-refractivity contribution < 1.29 is 29.3 Å². The number of aromatic nitrogens is 1. The van der Waals surface area contributed by atoms with Crippen LogP contribution in [0.3, 0.4) is 0 Å². The number of nitrogens with one attached hydrogen (secondary N) is 2. The fourth-order valence-corrected chi connectivity index (χ4v) is 4.05. The van der Waals surface area contributed by atoms with Gasteiger partial charge in [-0.25, -0.2) is 9.59 Å². The second-order valence-electron chi connectivity index (χ2n) is 8.16. The lowest BCUT2D eigenvalue weighted by molar-refractivity contribution is -0.147. The average Bonchev–Trinajstić information content (AvgIpc) is 3.17. The number of fused-ring (bicyclic) bond motifs is 3. The van der Waals surface area contributed by atoms with E-state index >= 15 is 0 Å². The lowest BCUT2D eigenvalue weighted by Gasteiger charge is -2.14. The number of aliphatic hydroxyl groups excluding tert-OH is 1. The molecule has 35 heavy (non-hydrogen) atoms. The molecule has 1 aromatic heterocycles. The Balaban J connectivity index is 1.26. The van der Waals surface area contributed by atoms with Gasteiger partial charge < -0.3 is 20.3 Å². The molecule has 0 bridgehead atoms. The van der Waals surface area contributed by atoms with Crippen LogP contribution >= 0.6 is 0 Å². The van der Waals surface area contributed by atoms with Gasteiger partial charge in [-0.3, -0.25) is 15.1 Å². The van der Waals surface area contributed by atoms with Gasteiger partial charge in [0.25, 0.3) is 0 Å². The molecule has 1 atom stereocenters. The number of nitrogens with zero attached hydrogens (tertiary/aromatic N) is 1. The minimum Gasteiger partial charge on any atom is -0.479 e. The van der Waals surface area contributed by atoms with Gasteiger partial charge >= 0.3 is 12.1 Å². The third-order valence-corrected chi connectivity index (χ3v) is 5.78. The second-order valence-corrected chi connectivity index (χ2v) is 8.16. The molecule has 180 valence electrons. The van der Waals surface area contributed by atoms with E-state index in [1.165, 1.54) is 6.20 Å². The minimum atomic E-state index is -1.52. The standard InChI is InChI=1S/C26H25N3O6/c30-23(25(32)33)11-12-27-24(31)13-16-9-10-17(14-28-16)29-26(34)35-15-22-20-7-3-1-5-18(20)19-6-2-4-8-21(19)22/h1-10,14,22-23,30H,11-13,15H2,(H,27,31)(H,29,34)(H,32,33)/t23-/m0/s1. The van der Waals surface area contributed by atoms with E-state index < -0.39 is 18.2 Å². The summed E-state index contributed by atoms with van der Waals surface area (Å²) in [6, 6.07) is 19.4. The number of ether oxygens (including phenoxy) is 1. The molecule has 0 aliphatic heterocycles. The van der Waals surface area contributed by atoms with E-state index in [1.54, 1.807) is 12.1 Å². The number of carboxylic acids is 1. The number of hydrogen-bond donors (Lipinski definition) is 4. The van der Waals surface area contributed by atoms with E-state index in [4.69, 9.17) is 9.84 Å². The highest BCUT2D eigenvalue weighted by Crippen LogP contribution is 2.44. The topological polar surface area (TPSA) is 138 Å². The van der Waals surface area contributed by atoms with Crippen molar-refractivity contribution in [2.75, 3.05) is 18.5 Å². The fourth-order valence-electron chi connectivity index (χ4n) is 4.05. The summed E-state index contributed by atoms with van der Waals surface area (Å²) in [6.07, 6.45) is -0.794. The van der Waals surface area contributed by atoms with E-state index in [0.717, 1.165) is 22.3 Å². The number of aliphatic carboxylic acids is 1. The summed E-state index contributed by atoms with van der Waals surface area (Å²) in [5.41, 5.74) is 5.46. The first-order valence-electron chi connectivity index (χ1n) is 11.2. The van der Waals surface area contributed by atoms with Crippen molar-refractivity contribution in [3.63, 3.8) is 0 Å². The number of anilines is 1. The van der Waals surface area contributed by atoms with Crippen LogP contribution in [0.2, 0.25) is 0 Å². The molecule has 9 nitrogen and oxygen atoms in total. The normalized spacial score (nSPS) is 12.8. The maximum absolute atomic E-state index is 12.4. The Morgan fingerprint density at radius 3 is 2.23 bits per heavy atom. The Hall–Kier alpha value is -4.24. The third-order valence-electron chi connectivity index (χ3n) is 5.78. The van der Waals surface area contributed by atoms with Crippen molar-refractivity contribution in [2.45, 2.75) is 24.9 Å². The number of carboxylic acid groups (broad SMARTS) is 1. The highest BCUT2D eigenvalue weighted by molar-refractivity contribution is 5.85. The SMILES string of the molecule is O=C(Cc1ccc(NC(=O)OCC2c3ccccc3-c3ccccc32)cn1)NCC[C@H](O)C(=O)O. The van der Waals surface area contributed by atoms with Gasteiger partial charge in [-0.1, -0.05) is 48.5 Å². The summed E-state index contributed by atoms with van der Waals surface area (Å²) in [7, 11) is 0. The van der Waals surface area contributed by atoms with Gasteiger partial charge in [-0.05, 0) is 34.4 Å². The molecule has 3 aromatic rings. The number of benzene rings is 2. The number of hydrogen-bond acceptors (Lipinski definition) is 6. The Morgan fingerprint density at radius 2 is 1.63 bits per heavy atom. The Bertz CT molecular complexity index is 1180. The van der Waals surface area contributed by atoms with E-state index in [1.807, 2.05) is 36.4 Å². The largest absolute Gasteiger partial charge is 0.479 e. The molecule has 4 rings (SSSR count). The lowest BCUT2D eigenvalue weighted by atomic mass is 9.98. The van der Waals surface area contributed by atoms with Crippen LogP contribution in [0.15, 0.2) is 66.9 Å². The summed E-state index contributed by atoms with van der Waals surface area (Å²) < 4.78 is 5.51. The zero-order valence-electron chi connectivity index (χ0n) is 18.8. The van der Waals surface area contributed by atoms with Crippen molar-refractivity contribution in [1.82, 2.24) is 10.3 Å². The number of carbonyl (C=O) groups excluding carboxylic acids is 2. The second kappa shape index (κ2) is 10.8. The summed E-state index contributed by atoms with van der Waals surface area (Å²) in [4.78, 5) is 39.1. The highest BCUT2D eigenvalue weighted by Gasteiger charge is 2.29. The molecule has 9 heteroatoms. The Morgan fingerprint density at radius 1 is 0.971 bits per heavy atom. The molecule has 0 spiro atoms. The predicted molar refractivity (Wildman–Crippen MR) is 128 cm³/mol. The van der Waals surface area contributed by atoms with Gasteiger partial charge in [-0.2, -0.15) is 0 Å². The van der Waals surface area contributed by atoms with Crippen LogP contribution in [0, 0.1) is 0 Å². The predicted octanol–water partition coefficient (Wildman–Crippen LogP) is 2.94. The molecule has 0 saturated carbocycles. The van der Waals surface area contributed by atoms with Gasteiger partial charge in [0.2, 0.25) is 5.91 Å². The first-order chi connectivity index (χ1) is 16.9. The van der Waals surface area contributed by atoms with E-state index in [2.05, 4.69) is 27.8 Å². The molecule has 0 fully saturated rings. The number of rotatable bonds is 9. The van der Waals surface area contributed by atoms with Crippen LogP contribution in [0.4, 0.5) is 10.5 Å². The highest BCUT2D eigenvalue weighted by atomic mass is 16.5. The van der Waals surface area contributed by atoms with Crippen LogP contribution in [-0.4, -0.2) is 52.4 Å². The van der Waals surface area contributed by atoms with Crippen molar-refractivity contribution >= 4 is 23.7 Å². The zero-order chi connectivity index (χ0) is 24.8. The number of pyridine rings is 1. The van der Waals surface area contributed by atoms with Crippen LogP contribution in [0.1, 0.15) is 29.2 Å². The van der Waals surface area contributed by atoms with Gasteiger partial charge in [0, 0.05) is 24.6 Å². The van der Waals surface area contributed by atoms with E-state index in [-0.39, 0.29) is 37.8 Å². The molecule has 4 N–H and O–H groups in total. The summed E-state index contributed by atoms with van der Waals surface area (Å²) in [5, 5.41) is 23.0. The van der Waals surface area contributed by atoms with Crippen molar-refractivity contribution in [3.05, 3.63) is 83.7 Å². The maximum Gasteiger partial charge on any atom is 0.411 e. The smallest absolute Gasteiger partial charge is 0.411 e. The number of carbonyl (C=O) groups is 3. The molecule has 2 aromatic carbocycles. The maximum atomic E-state index is 12.4. The summed E-state index contributed by atoms with van der Waals surface area (Å²) in [6.45, 7) is 0.232. The molecule has 0 saturated heterocycles. The average molecular weight is 476 g/mol. The fraction of sp³-hybridized carbons (Fsp3) is 0.231. The Kier molecular flexibility index (Phi) is 7.37. The molecular formula is C26H25N3O6. The number of amides is 2. The van der Waals surface area contributed by atoms with Crippen LogP contribution in [-0.2, 0) is 20.7 Å². The lowest BCUT2D eigenvalue weighted by Crippen LogP contribution is -2.31.